The number of hydrogen-bond donors (Lipinski definition) is 3. The summed E-state index contributed by atoms with van der Waals surface area (Å²) in [6.07, 6.45) is 4.30. The van der Waals surface area contributed by atoms with Crippen LogP contribution in [0.5, 0.6) is 0 Å². The Morgan fingerprint density at radius 2 is 1.62 bits per heavy atom. The molecule has 29 heavy (non-hydrogen) atoms. The molecule has 2 aromatic carbocycles. The molecule has 0 heterocycles. The first-order valence-electron chi connectivity index (χ1n) is 9.57. The highest BCUT2D eigenvalue weighted by Crippen LogP contribution is 2.28. The summed E-state index contributed by atoms with van der Waals surface area (Å²) in [6.45, 7) is 2.36. The van der Waals surface area contributed by atoms with Gasteiger partial charge in [0.1, 0.15) is 0 Å². The van der Waals surface area contributed by atoms with Crippen molar-refractivity contribution in [2.24, 2.45) is 11.8 Å². The van der Waals surface area contributed by atoms with Gasteiger partial charge in [0.15, 0.2) is 0 Å². The molecule has 0 fully saturated rings. The van der Waals surface area contributed by atoms with Crippen LogP contribution < -0.4 is 10.6 Å². The molecule has 0 spiro atoms. The lowest BCUT2D eigenvalue weighted by Crippen LogP contribution is -2.35. The predicted molar refractivity (Wildman–Crippen MR) is 110 cm³/mol. The van der Waals surface area contributed by atoms with Gasteiger partial charge in [-0.05, 0) is 43.0 Å². The molecule has 6 nitrogen and oxygen atoms in total. The SMILES string of the molecule is Cc1ccccc1CNC(=O)c1ccccc1NC(=O)[C@@H]1CC=CC[C@H]1C(=O)O. The Morgan fingerprint density at radius 1 is 0.966 bits per heavy atom. The van der Waals surface area contributed by atoms with Gasteiger partial charge in [0, 0.05) is 6.54 Å². The van der Waals surface area contributed by atoms with Crippen molar-refractivity contribution in [1.29, 1.82) is 0 Å². The maximum Gasteiger partial charge on any atom is 0.307 e. The van der Waals surface area contributed by atoms with Crippen LogP contribution in [0.15, 0.2) is 60.7 Å². The van der Waals surface area contributed by atoms with E-state index in [1.165, 1.54) is 0 Å². The van der Waals surface area contributed by atoms with Crippen molar-refractivity contribution in [3.8, 4) is 0 Å². The van der Waals surface area contributed by atoms with E-state index < -0.39 is 17.8 Å². The lowest BCUT2D eigenvalue weighted by Gasteiger charge is -2.24. The highest BCUT2D eigenvalue weighted by atomic mass is 16.4. The van der Waals surface area contributed by atoms with Crippen LogP contribution in [-0.4, -0.2) is 22.9 Å². The fraction of sp³-hybridized carbons (Fsp3) is 0.261. The van der Waals surface area contributed by atoms with E-state index in [-0.39, 0.29) is 11.8 Å². The van der Waals surface area contributed by atoms with Crippen LogP contribution in [0.4, 0.5) is 5.69 Å². The van der Waals surface area contributed by atoms with Gasteiger partial charge in [0.05, 0.1) is 23.1 Å². The minimum absolute atomic E-state index is 0.303. The van der Waals surface area contributed by atoms with E-state index in [2.05, 4.69) is 10.6 Å². The molecule has 2 amide bonds. The number of benzene rings is 2. The molecule has 2 aromatic rings. The molecule has 1 aliphatic carbocycles. The third-order valence-corrected chi connectivity index (χ3v) is 5.22. The van der Waals surface area contributed by atoms with Crippen LogP contribution in [-0.2, 0) is 16.1 Å². The van der Waals surface area contributed by atoms with Crippen molar-refractivity contribution in [2.75, 3.05) is 5.32 Å². The van der Waals surface area contributed by atoms with Crippen LogP contribution in [0, 0.1) is 18.8 Å². The average Bonchev–Trinajstić information content (AvgIpc) is 2.73. The third-order valence-electron chi connectivity index (χ3n) is 5.22. The molecule has 3 rings (SSSR count). The number of rotatable bonds is 6. The average molecular weight is 392 g/mol. The molecule has 0 saturated carbocycles. The van der Waals surface area contributed by atoms with Gasteiger partial charge < -0.3 is 15.7 Å². The van der Waals surface area contributed by atoms with Crippen LogP contribution in [0.1, 0.15) is 34.3 Å². The maximum atomic E-state index is 12.7. The van der Waals surface area contributed by atoms with E-state index in [1.807, 2.05) is 37.3 Å². The van der Waals surface area contributed by atoms with Gasteiger partial charge in [0.25, 0.3) is 5.91 Å². The van der Waals surface area contributed by atoms with Crippen LogP contribution in [0.25, 0.3) is 0 Å². The number of aryl methyl sites for hydroxylation is 1. The normalized spacial score (nSPS) is 18.1. The van der Waals surface area contributed by atoms with Crippen molar-refractivity contribution >= 4 is 23.5 Å². The Bertz CT molecular complexity index is 951. The molecule has 0 unspecified atom stereocenters. The molecule has 0 aromatic heterocycles. The largest absolute Gasteiger partial charge is 0.481 e. The second kappa shape index (κ2) is 9.19. The number of nitrogens with one attached hydrogen (secondary N) is 2. The lowest BCUT2D eigenvalue weighted by atomic mass is 9.82. The summed E-state index contributed by atoms with van der Waals surface area (Å²) in [5.41, 5.74) is 2.81. The summed E-state index contributed by atoms with van der Waals surface area (Å²) in [7, 11) is 0. The fourth-order valence-corrected chi connectivity index (χ4v) is 3.47. The first-order valence-corrected chi connectivity index (χ1v) is 9.57. The molecular formula is C23H24N2O4. The van der Waals surface area contributed by atoms with Crippen molar-refractivity contribution in [3.05, 3.63) is 77.4 Å². The number of allylic oxidation sites excluding steroid dienone is 2. The lowest BCUT2D eigenvalue weighted by molar-refractivity contribution is -0.146. The highest BCUT2D eigenvalue weighted by molar-refractivity contribution is 6.04. The molecule has 0 aliphatic heterocycles. The predicted octanol–water partition coefficient (Wildman–Crippen LogP) is 3.53. The Morgan fingerprint density at radius 3 is 2.34 bits per heavy atom. The second-order valence-corrected chi connectivity index (χ2v) is 7.14. The van der Waals surface area contributed by atoms with Gasteiger partial charge >= 0.3 is 5.97 Å². The molecule has 150 valence electrons. The van der Waals surface area contributed by atoms with Crippen molar-refractivity contribution in [3.63, 3.8) is 0 Å². The fourth-order valence-electron chi connectivity index (χ4n) is 3.47. The van der Waals surface area contributed by atoms with E-state index in [0.717, 1.165) is 11.1 Å². The van der Waals surface area contributed by atoms with Crippen LogP contribution >= 0.6 is 0 Å². The number of para-hydroxylation sites is 1. The monoisotopic (exact) mass is 392 g/mol. The van der Waals surface area contributed by atoms with Crippen molar-refractivity contribution in [2.45, 2.75) is 26.3 Å². The molecule has 0 saturated heterocycles. The van der Waals surface area contributed by atoms with Gasteiger partial charge in [-0.3, -0.25) is 14.4 Å². The maximum absolute atomic E-state index is 12.7. The van der Waals surface area contributed by atoms with E-state index in [0.29, 0.717) is 30.6 Å². The number of carboxylic acids is 1. The zero-order valence-corrected chi connectivity index (χ0v) is 16.2. The first-order chi connectivity index (χ1) is 14.0. The van der Waals surface area contributed by atoms with Gasteiger partial charge in [0.2, 0.25) is 5.91 Å². The Hall–Kier alpha value is -3.41. The second-order valence-electron chi connectivity index (χ2n) is 7.14. The quantitative estimate of drug-likeness (QED) is 0.656. The van der Waals surface area contributed by atoms with E-state index in [1.54, 1.807) is 30.3 Å². The summed E-state index contributed by atoms with van der Waals surface area (Å²) in [5, 5.41) is 15.0. The highest BCUT2D eigenvalue weighted by Gasteiger charge is 2.34. The van der Waals surface area contributed by atoms with E-state index >= 15 is 0 Å². The number of carbonyl (C=O) groups is 3. The van der Waals surface area contributed by atoms with Gasteiger partial charge in [-0.1, -0.05) is 48.6 Å². The summed E-state index contributed by atoms with van der Waals surface area (Å²) in [5.74, 6) is -3.11. The molecular weight excluding hydrogens is 368 g/mol. The third kappa shape index (κ3) is 4.90. The zero-order valence-electron chi connectivity index (χ0n) is 16.2. The van der Waals surface area contributed by atoms with Gasteiger partial charge in [-0.15, -0.1) is 0 Å². The van der Waals surface area contributed by atoms with Crippen LogP contribution in [0.3, 0.4) is 0 Å². The summed E-state index contributed by atoms with van der Waals surface area (Å²) in [6, 6.07) is 14.5. The Labute approximate surface area is 169 Å². The number of carbonyl (C=O) groups excluding carboxylic acids is 2. The van der Waals surface area contributed by atoms with Crippen molar-refractivity contribution in [1.82, 2.24) is 5.32 Å². The molecule has 3 N–H and O–H groups in total. The van der Waals surface area contributed by atoms with Gasteiger partial charge in [-0.25, -0.2) is 0 Å². The molecule has 0 bridgehead atoms. The Balaban J connectivity index is 1.72. The summed E-state index contributed by atoms with van der Waals surface area (Å²) < 4.78 is 0. The standard InChI is InChI=1S/C23H24N2O4/c1-15-8-2-3-9-16(15)14-24-21(26)19-12-6-7-13-20(19)25-22(27)17-10-4-5-11-18(17)23(28)29/h2-9,12-13,17-18H,10-11,14H2,1H3,(H,24,26)(H,25,27)(H,28,29)/t17-,18-/m1/s1. The number of carboxylic acid groups (broad SMARTS) is 1. The Kier molecular flexibility index (Phi) is 6.44. The minimum Gasteiger partial charge on any atom is -0.481 e. The smallest absolute Gasteiger partial charge is 0.307 e. The van der Waals surface area contributed by atoms with E-state index in [4.69, 9.17) is 0 Å². The topological polar surface area (TPSA) is 95.5 Å². The number of amides is 2. The van der Waals surface area contributed by atoms with Gasteiger partial charge in [-0.2, -0.15) is 0 Å². The van der Waals surface area contributed by atoms with Crippen LogP contribution in [0.2, 0.25) is 0 Å². The number of anilines is 1. The molecule has 1 aliphatic rings. The first kappa shape index (κ1) is 20.3. The molecule has 6 heteroatoms. The number of hydrogen-bond acceptors (Lipinski definition) is 3. The minimum atomic E-state index is -0.987. The number of aliphatic carboxylic acids is 1. The summed E-state index contributed by atoms with van der Waals surface area (Å²) >= 11 is 0. The van der Waals surface area contributed by atoms with Crippen molar-refractivity contribution < 1.29 is 19.5 Å². The zero-order chi connectivity index (χ0) is 20.8. The molecule has 0 radical (unpaired) electrons. The molecule has 2 atom stereocenters. The summed E-state index contributed by atoms with van der Waals surface area (Å²) in [4.78, 5) is 36.9. The van der Waals surface area contributed by atoms with E-state index in [9.17, 15) is 19.5 Å².